The molecule has 0 radical (unpaired) electrons. The van der Waals surface area contributed by atoms with Crippen molar-refractivity contribution < 1.29 is 29.1 Å². The summed E-state index contributed by atoms with van der Waals surface area (Å²) in [5, 5.41) is 17.9. The van der Waals surface area contributed by atoms with Crippen molar-refractivity contribution in [3.8, 4) is 0 Å². The number of aromatic amines is 1. The van der Waals surface area contributed by atoms with Crippen LogP contribution in [-0.4, -0.2) is 82.9 Å². The van der Waals surface area contributed by atoms with E-state index >= 15 is 0 Å². The van der Waals surface area contributed by atoms with E-state index in [2.05, 4.69) is 25.9 Å². The van der Waals surface area contributed by atoms with Crippen LogP contribution in [0.5, 0.6) is 0 Å². The van der Waals surface area contributed by atoms with Crippen LogP contribution in [0.25, 0.3) is 10.9 Å². The van der Waals surface area contributed by atoms with Crippen LogP contribution in [0, 0.1) is 0 Å². The normalized spacial score (nSPS) is 13.7. The van der Waals surface area contributed by atoms with Gasteiger partial charge in [0.05, 0.1) is 12.5 Å². The van der Waals surface area contributed by atoms with Gasteiger partial charge in [0.2, 0.25) is 23.6 Å². The van der Waals surface area contributed by atoms with Gasteiger partial charge in [-0.15, -0.1) is 0 Å². The minimum absolute atomic E-state index is 0.0238. The predicted molar refractivity (Wildman–Crippen MR) is 160 cm³/mol. The largest absolute Gasteiger partial charge is 0.480 e. The van der Waals surface area contributed by atoms with E-state index < -0.39 is 60.2 Å². The summed E-state index contributed by atoms with van der Waals surface area (Å²) < 4.78 is 0. The lowest BCUT2D eigenvalue weighted by Gasteiger charge is -2.25. The molecule has 0 saturated carbocycles. The van der Waals surface area contributed by atoms with Crippen LogP contribution in [-0.2, 0) is 30.4 Å². The zero-order chi connectivity index (χ0) is 31.9. The van der Waals surface area contributed by atoms with Gasteiger partial charge in [-0.3, -0.25) is 24.2 Å². The molecule has 4 unspecified atom stereocenters. The molecule has 15 N–H and O–H groups in total. The number of amides is 4. The molecular weight excluding hydrogens is 560 g/mol. The molecule has 16 heteroatoms. The van der Waals surface area contributed by atoms with Crippen molar-refractivity contribution in [3.05, 3.63) is 36.0 Å². The first kappa shape index (κ1) is 34.5. The molecule has 0 aliphatic carbocycles. The Balaban J connectivity index is 2.11. The van der Waals surface area contributed by atoms with Crippen molar-refractivity contribution in [3.63, 3.8) is 0 Å². The van der Waals surface area contributed by atoms with Crippen LogP contribution >= 0.6 is 0 Å². The highest BCUT2D eigenvalue weighted by molar-refractivity contribution is 5.96. The fourth-order valence-corrected chi connectivity index (χ4v) is 4.39. The minimum Gasteiger partial charge on any atom is -0.480 e. The summed E-state index contributed by atoms with van der Waals surface area (Å²) in [5.41, 5.74) is 29.2. The molecule has 43 heavy (non-hydrogen) atoms. The number of guanidine groups is 1. The van der Waals surface area contributed by atoms with E-state index in [4.69, 9.17) is 28.7 Å². The Morgan fingerprint density at radius 1 is 0.860 bits per heavy atom. The third-order valence-corrected chi connectivity index (χ3v) is 6.63. The number of carbonyl (C=O) groups excluding carboxylic acids is 4. The van der Waals surface area contributed by atoms with E-state index in [9.17, 15) is 29.1 Å². The van der Waals surface area contributed by atoms with E-state index in [1.807, 2.05) is 24.3 Å². The number of para-hydroxylation sites is 1. The van der Waals surface area contributed by atoms with Crippen molar-refractivity contribution in [2.45, 2.75) is 69.1 Å². The van der Waals surface area contributed by atoms with Gasteiger partial charge in [-0.05, 0) is 56.7 Å². The molecule has 0 saturated heterocycles. The molecule has 2 rings (SSSR count). The number of fused-ring (bicyclic) bond motifs is 1. The number of hydrogen-bond acceptors (Lipinski definition) is 8. The average Bonchev–Trinajstić information content (AvgIpc) is 3.35. The van der Waals surface area contributed by atoms with Crippen LogP contribution in [0.4, 0.5) is 0 Å². The van der Waals surface area contributed by atoms with Crippen molar-refractivity contribution in [2.24, 2.45) is 33.7 Å². The predicted octanol–water partition coefficient (Wildman–Crippen LogP) is -2.37. The van der Waals surface area contributed by atoms with Gasteiger partial charge >= 0.3 is 5.97 Å². The number of benzene rings is 1. The molecule has 0 aliphatic heterocycles. The highest BCUT2D eigenvalue weighted by Gasteiger charge is 2.31. The molecule has 0 bridgehead atoms. The summed E-state index contributed by atoms with van der Waals surface area (Å²) in [4.78, 5) is 69.7. The number of nitrogens with one attached hydrogen (secondary N) is 4. The smallest absolute Gasteiger partial charge is 0.326 e. The number of rotatable bonds is 19. The Hall–Kier alpha value is -4.70. The van der Waals surface area contributed by atoms with Crippen LogP contribution in [0.15, 0.2) is 35.5 Å². The minimum atomic E-state index is -1.43. The Kier molecular flexibility index (Phi) is 13.9. The molecule has 1 heterocycles. The van der Waals surface area contributed by atoms with Crippen LogP contribution in [0.2, 0.25) is 0 Å². The quantitative estimate of drug-likeness (QED) is 0.0463. The Morgan fingerprint density at radius 3 is 2.14 bits per heavy atom. The van der Waals surface area contributed by atoms with E-state index in [1.165, 1.54) is 0 Å². The number of carbonyl (C=O) groups is 5. The summed E-state index contributed by atoms with van der Waals surface area (Å²) in [7, 11) is 0. The van der Waals surface area contributed by atoms with Gasteiger partial charge in [0.15, 0.2) is 5.96 Å². The summed E-state index contributed by atoms with van der Waals surface area (Å²) >= 11 is 0. The van der Waals surface area contributed by atoms with Gasteiger partial charge in [0.1, 0.15) is 18.1 Å². The number of aromatic nitrogens is 1. The second kappa shape index (κ2) is 17.3. The standard InChI is InChI=1S/C27H42N10O6/c28-10-4-3-8-19(24(40)36-20(26(42)43)9-5-11-33-27(31)32)35-25(41)21(13-22(30)38)37-23(39)17(29)12-15-14-34-18-7-2-1-6-16(15)18/h1-2,6-7,14,17,19-21,34H,3-5,8-13,28-29H2,(H2,30,38)(H,35,41)(H,36,40)(H,37,39)(H,42,43)(H4,31,32,33). The Morgan fingerprint density at radius 2 is 1.49 bits per heavy atom. The number of hydrogen-bond donors (Lipinski definition) is 10. The van der Waals surface area contributed by atoms with E-state index in [0.717, 1.165) is 16.5 Å². The maximum atomic E-state index is 13.2. The molecule has 16 nitrogen and oxygen atoms in total. The number of unbranched alkanes of at least 4 members (excludes halogenated alkanes) is 1. The molecule has 0 aliphatic rings. The Labute approximate surface area is 248 Å². The zero-order valence-electron chi connectivity index (χ0n) is 23.9. The number of nitrogens with two attached hydrogens (primary N) is 5. The second-order valence-corrected chi connectivity index (χ2v) is 10.1. The van der Waals surface area contributed by atoms with Crippen LogP contribution in [0.3, 0.4) is 0 Å². The van der Waals surface area contributed by atoms with Crippen molar-refractivity contribution >= 4 is 46.5 Å². The molecular formula is C27H42N10O6. The van der Waals surface area contributed by atoms with Gasteiger partial charge in [0, 0.05) is 23.6 Å². The van der Waals surface area contributed by atoms with Gasteiger partial charge in [0.25, 0.3) is 0 Å². The first-order valence-electron chi connectivity index (χ1n) is 13.9. The van der Waals surface area contributed by atoms with E-state index in [1.54, 1.807) is 6.20 Å². The highest BCUT2D eigenvalue weighted by Crippen LogP contribution is 2.19. The lowest BCUT2D eigenvalue weighted by Crippen LogP contribution is -2.57. The van der Waals surface area contributed by atoms with Gasteiger partial charge in [-0.1, -0.05) is 18.2 Å². The highest BCUT2D eigenvalue weighted by atomic mass is 16.4. The number of aliphatic imine (C=N–C) groups is 1. The SMILES string of the molecule is NCCCCC(NC(=O)C(CC(N)=O)NC(=O)C(N)Cc1c[nH]c2ccccc12)C(=O)NC(CCCN=C(N)N)C(=O)O. The Bertz CT molecular complexity index is 1290. The molecule has 0 fully saturated rings. The van der Waals surface area contributed by atoms with E-state index in [-0.39, 0.29) is 38.2 Å². The molecule has 4 atom stereocenters. The number of carboxylic acids is 1. The number of nitrogens with zero attached hydrogens (tertiary/aromatic N) is 1. The van der Waals surface area contributed by atoms with Gasteiger partial charge < -0.3 is 54.7 Å². The molecule has 2 aromatic rings. The third kappa shape index (κ3) is 11.6. The number of H-pyrrole nitrogens is 1. The zero-order valence-corrected chi connectivity index (χ0v) is 23.9. The summed E-state index contributed by atoms with van der Waals surface area (Å²) in [6.45, 7) is 0.495. The topological polar surface area (TPSA) is 300 Å². The summed E-state index contributed by atoms with van der Waals surface area (Å²) in [5.74, 6) is -4.63. The lowest BCUT2D eigenvalue weighted by molar-refractivity contribution is -0.142. The number of primary amides is 1. The second-order valence-electron chi connectivity index (χ2n) is 10.1. The third-order valence-electron chi connectivity index (χ3n) is 6.63. The summed E-state index contributed by atoms with van der Waals surface area (Å²) in [6, 6.07) is 2.50. The molecule has 1 aromatic heterocycles. The van der Waals surface area contributed by atoms with Crippen molar-refractivity contribution in [1.82, 2.24) is 20.9 Å². The van der Waals surface area contributed by atoms with Crippen LogP contribution < -0.4 is 44.6 Å². The molecule has 0 spiro atoms. The fraction of sp³-hybridized carbons (Fsp3) is 0.481. The number of carboxylic acid groups (broad SMARTS) is 1. The number of aliphatic carboxylic acids is 1. The van der Waals surface area contributed by atoms with Crippen LogP contribution in [0.1, 0.15) is 44.1 Å². The van der Waals surface area contributed by atoms with Crippen molar-refractivity contribution in [2.75, 3.05) is 13.1 Å². The van der Waals surface area contributed by atoms with Gasteiger partial charge in [-0.2, -0.15) is 0 Å². The molecule has 4 amide bonds. The first-order valence-corrected chi connectivity index (χ1v) is 13.9. The molecule has 1 aromatic carbocycles. The maximum Gasteiger partial charge on any atom is 0.326 e. The lowest BCUT2D eigenvalue weighted by atomic mass is 10.0. The first-order chi connectivity index (χ1) is 20.4. The summed E-state index contributed by atoms with van der Waals surface area (Å²) in [6.07, 6.45) is 2.69. The average molecular weight is 603 g/mol. The molecule has 236 valence electrons. The van der Waals surface area contributed by atoms with Gasteiger partial charge in [-0.25, -0.2) is 4.79 Å². The van der Waals surface area contributed by atoms with E-state index in [0.29, 0.717) is 19.4 Å². The van der Waals surface area contributed by atoms with Crippen molar-refractivity contribution in [1.29, 1.82) is 0 Å². The maximum absolute atomic E-state index is 13.2. The fourth-order valence-electron chi connectivity index (χ4n) is 4.39. The monoisotopic (exact) mass is 602 g/mol.